The van der Waals surface area contributed by atoms with Crippen LogP contribution in [0.5, 0.6) is 11.5 Å². The first-order valence-corrected chi connectivity index (χ1v) is 9.43. The molecule has 1 amide bonds. The highest BCUT2D eigenvalue weighted by molar-refractivity contribution is 5.90. The van der Waals surface area contributed by atoms with Crippen molar-refractivity contribution in [1.29, 1.82) is 0 Å². The normalized spacial score (nSPS) is 11.7. The fourth-order valence-electron chi connectivity index (χ4n) is 2.74. The Kier molecular flexibility index (Phi) is 8.27. The van der Waals surface area contributed by atoms with Crippen molar-refractivity contribution >= 4 is 18.0 Å². The number of likely N-dealkylation sites (N-methyl/N-ethyl adjacent to an activating group) is 1. The lowest BCUT2D eigenvalue weighted by Gasteiger charge is -2.21. The van der Waals surface area contributed by atoms with Crippen molar-refractivity contribution < 1.29 is 23.8 Å². The summed E-state index contributed by atoms with van der Waals surface area (Å²) in [6.45, 7) is 4.43. The highest BCUT2D eigenvalue weighted by Crippen LogP contribution is 2.28. The van der Waals surface area contributed by atoms with E-state index in [1.807, 2.05) is 37.3 Å². The molecule has 6 heteroatoms. The summed E-state index contributed by atoms with van der Waals surface area (Å²) in [5.74, 6) is 0.356. The molecule has 0 bridgehead atoms. The number of hydrogen-bond acceptors (Lipinski definition) is 5. The van der Waals surface area contributed by atoms with E-state index in [-0.39, 0.29) is 5.91 Å². The minimum Gasteiger partial charge on any atom is -0.493 e. The summed E-state index contributed by atoms with van der Waals surface area (Å²) in [6, 6.07) is 15.0. The first kappa shape index (κ1) is 22.0. The predicted molar refractivity (Wildman–Crippen MR) is 112 cm³/mol. The van der Waals surface area contributed by atoms with Gasteiger partial charge in [0.25, 0.3) is 5.91 Å². The third kappa shape index (κ3) is 6.68. The number of esters is 1. The second-order valence-corrected chi connectivity index (χ2v) is 6.44. The van der Waals surface area contributed by atoms with Crippen molar-refractivity contribution in [3.8, 4) is 11.5 Å². The molecule has 0 N–H and O–H groups in total. The molecule has 2 aromatic rings. The number of methoxy groups -OCH3 is 1. The van der Waals surface area contributed by atoms with Gasteiger partial charge in [0.2, 0.25) is 0 Å². The molecule has 0 aromatic heterocycles. The predicted octanol–water partition coefficient (Wildman–Crippen LogP) is 3.70. The Labute approximate surface area is 171 Å². The molecule has 2 aromatic carbocycles. The third-order valence-corrected chi connectivity index (χ3v) is 4.18. The van der Waals surface area contributed by atoms with Crippen LogP contribution in [0.15, 0.2) is 54.6 Å². The molecule has 2 rings (SSSR count). The standard InChI is InChI=1S/C23H27NO5/c1-5-28-20-13-11-18(15-21(20)27-4)12-14-22(25)29-17(2)23(26)24(3)16-19-9-7-6-8-10-19/h6-15,17H,5,16H2,1-4H3/b14-12+/t17-/m0/s1. The van der Waals surface area contributed by atoms with Crippen molar-refractivity contribution in [3.63, 3.8) is 0 Å². The van der Waals surface area contributed by atoms with Crippen LogP contribution in [0, 0.1) is 0 Å². The van der Waals surface area contributed by atoms with E-state index in [4.69, 9.17) is 14.2 Å². The summed E-state index contributed by atoms with van der Waals surface area (Å²) in [7, 11) is 3.24. The molecule has 1 atom stereocenters. The monoisotopic (exact) mass is 397 g/mol. The maximum atomic E-state index is 12.4. The van der Waals surface area contributed by atoms with Crippen LogP contribution in [-0.4, -0.2) is 43.6 Å². The van der Waals surface area contributed by atoms with E-state index in [2.05, 4.69) is 0 Å². The lowest BCUT2D eigenvalue weighted by Crippen LogP contribution is -2.36. The molecule has 29 heavy (non-hydrogen) atoms. The Morgan fingerprint density at radius 1 is 1.10 bits per heavy atom. The largest absolute Gasteiger partial charge is 0.493 e. The van der Waals surface area contributed by atoms with Crippen molar-refractivity contribution in [1.82, 2.24) is 4.90 Å². The van der Waals surface area contributed by atoms with Crippen LogP contribution in [0.3, 0.4) is 0 Å². The van der Waals surface area contributed by atoms with Crippen molar-refractivity contribution in [2.24, 2.45) is 0 Å². The fraction of sp³-hybridized carbons (Fsp3) is 0.304. The molecule has 0 saturated carbocycles. The minimum atomic E-state index is -0.879. The second-order valence-electron chi connectivity index (χ2n) is 6.44. The first-order chi connectivity index (χ1) is 13.9. The number of ether oxygens (including phenoxy) is 3. The Morgan fingerprint density at radius 2 is 1.83 bits per heavy atom. The highest BCUT2D eigenvalue weighted by Gasteiger charge is 2.20. The van der Waals surface area contributed by atoms with Crippen LogP contribution < -0.4 is 9.47 Å². The maximum absolute atomic E-state index is 12.4. The summed E-state index contributed by atoms with van der Waals surface area (Å²) in [5.41, 5.74) is 1.76. The van der Waals surface area contributed by atoms with Gasteiger partial charge in [-0.05, 0) is 43.2 Å². The van der Waals surface area contributed by atoms with Crippen LogP contribution >= 0.6 is 0 Å². The van der Waals surface area contributed by atoms with E-state index in [0.717, 1.165) is 11.1 Å². The van der Waals surface area contributed by atoms with Gasteiger partial charge in [0.05, 0.1) is 13.7 Å². The van der Waals surface area contributed by atoms with Crippen molar-refractivity contribution in [3.05, 3.63) is 65.7 Å². The Morgan fingerprint density at radius 3 is 2.48 bits per heavy atom. The number of carbonyl (C=O) groups is 2. The first-order valence-electron chi connectivity index (χ1n) is 9.43. The molecule has 0 spiro atoms. The van der Waals surface area contributed by atoms with Gasteiger partial charge < -0.3 is 19.1 Å². The molecule has 0 radical (unpaired) electrons. The van der Waals surface area contributed by atoms with Gasteiger partial charge in [-0.1, -0.05) is 36.4 Å². The van der Waals surface area contributed by atoms with E-state index >= 15 is 0 Å². The minimum absolute atomic E-state index is 0.265. The van der Waals surface area contributed by atoms with E-state index in [1.54, 1.807) is 45.4 Å². The smallest absolute Gasteiger partial charge is 0.331 e. The molecule has 0 saturated heterocycles. The third-order valence-electron chi connectivity index (χ3n) is 4.18. The molecule has 0 aliphatic carbocycles. The van der Waals surface area contributed by atoms with E-state index in [0.29, 0.717) is 24.7 Å². The zero-order valence-electron chi connectivity index (χ0n) is 17.3. The number of rotatable bonds is 9. The number of amides is 1. The van der Waals surface area contributed by atoms with Crippen LogP contribution in [0.1, 0.15) is 25.0 Å². The van der Waals surface area contributed by atoms with Gasteiger partial charge in [-0.2, -0.15) is 0 Å². The zero-order valence-corrected chi connectivity index (χ0v) is 17.3. The Hall–Kier alpha value is -3.28. The molecule has 0 heterocycles. The van der Waals surface area contributed by atoms with E-state index in [1.165, 1.54) is 11.0 Å². The van der Waals surface area contributed by atoms with Gasteiger partial charge >= 0.3 is 5.97 Å². The topological polar surface area (TPSA) is 65.1 Å². The molecule has 0 unspecified atom stereocenters. The number of hydrogen-bond donors (Lipinski definition) is 0. The number of benzene rings is 2. The second kappa shape index (κ2) is 10.9. The molecule has 0 fully saturated rings. The maximum Gasteiger partial charge on any atom is 0.331 e. The van der Waals surface area contributed by atoms with Gasteiger partial charge in [0.1, 0.15) is 0 Å². The number of carbonyl (C=O) groups excluding carboxylic acids is 2. The molecule has 154 valence electrons. The molecule has 6 nitrogen and oxygen atoms in total. The SMILES string of the molecule is CCOc1ccc(/C=C/C(=O)O[C@@H](C)C(=O)N(C)Cc2ccccc2)cc1OC. The van der Waals surface area contributed by atoms with Crippen LogP contribution in [0.25, 0.3) is 6.08 Å². The summed E-state index contributed by atoms with van der Waals surface area (Å²) < 4.78 is 16.0. The molecule has 0 aliphatic heterocycles. The molecule has 0 aliphatic rings. The van der Waals surface area contributed by atoms with Crippen molar-refractivity contribution in [2.75, 3.05) is 20.8 Å². The Bertz CT molecular complexity index is 848. The van der Waals surface area contributed by atoms with Gasteiger partial charge in [0.15, 0.2) is 17.6 Å². The molecular formula is C23H27NO5. The summed E-state index contributed by atoms with van der Waals surface area (Å²) in [4.78, 5) is 26.1. The summed E-state index contributed by atoms with van der Waals surface area (Å²) in [5, 5.41) is 0. The average molecular weight is 397 g/mol. The van der Waals surface area contributed by atoms with Gasteiger partial charge in [-0.15, -0.1) is 0 Å². The Balaban J connectivity index is 1.92. The van der Waals surface area contributed by atoms with E-state index in [9.17, 15) is 9.59 Å². The highest BCUT2D eigenvalue weighted by atomic mass is 16.5. The number of nitrogens with zero attached hydrogens (tertiary/aromatic N) is 1. The van der Waals surface area contributed by atoms with Crippen LogP contribution in [-0.2, 0) is 20.9 Å². The lowest BCUT2D eigenvalue weighted by molar-refractivity contribution is -0.154. The van der Waals surface area contributed by atoms with Gasteiger partial charge in [-0.25, -0.2) is 4.79 Å². The van der Waals surface area contributed by atoms with E-state index < -0.39 is 12.1 Å². The molecular weight excluding hydrogens is 370 g/mol. The van der Waals surface area contributed by atoms with Crippen molar-refractivity contribution in [2.45, 2.75) is 26.5 Å². The van der Waals surface area contributed by atoms with Gasteiger partial charge in [0, 0.05) is 19.7 Å². The summed E-state index contributed by atoms with van der Waals surface area (Å²) in [6.07, 6.45) is 2.01. The average Bonchev–Trinajstić information content (AvgIpc) is 2.73. The quantitative estimate of drug-likeness (QED) is 0.477. The van der Waals surface area contributed by atoms with Crippen LogP contribution in [0.4, 0.5) is 0 Å². The fourth-order valence-corrected chi connectivity index (χ4v) is 2.74. The van der Waals surface area contributed by atoms with Crippen LogP contribution in [0.2, 0.25) is 0 Å². The lowest BCUT2D eigenvalue weighted by atomic mass is 10.2. The zero-order chi connectivity index (χ0) is 21.2. The van der Waals surface area contributed by atoms with Gasteiger partial charge in [-0.3, -0.25) is 4.79 Å². The summed E-state index contributed by atoms with van der Waals surface area (Å²) >= 11 is 0.